The molecule has 0 aliphatic carbocycles. The number of aromatic nitrogens is 1. The zero-order valence-corrected chi connectivity index (χ0v) is 18.9. The first kappa shape index (κ1) is 23.2. The van der Waals surface area contributed by atoms with E-state index in [4.69, 9.17) is 15.2 Å². The first-order valence-electron chi connectivity index (χ1n) is 11.2. The Morgan fingerprint density at radius 1 is 1.03 bits per heavy atom. The summed E-state index contributed by atoms with van der Waals surface area (Å²) in [6.45, 7) is 3.51. The second-order valence-electron chi connectivity index (χ2n) is 8.05. The molecule has 2 heterocycles. The fraction of sp³-hybridized carbons (Fsp3) is 0.269. The minimum absolute atomic E-state index is 0.109. The van der Waals surface area contributed by atoms with Crippen LogP contribution < -0.4 is 15.4 Å². The van der Waals surface area contributed by atoms with Crippen LogP contribution in [0.5, 0.6) is 11.5 Å². The Kier molecular flexibility index (Phi) is 7.06. The summed E-state index contributed by atoms with van der Waals surface area (Å²) in [5.41, 5.74) is 7.94. The number of nitrogens with two attached hydrogens (primary N) is 1. The highest BCUT2D eigenvalue weighted by Crippen LogP contribution is 2.30. The van der Waals surface area contributed by atoms with Crippen LogP contribution >= 0.6 is 0 Å². The number of halogens is 1. The molecule has 176 valence electrons. The van der Waals surface area contributed by atoms with E-state index in [1.807, 2.05) is 18.2 Å². The van der Waals surface area contributed by atoms with Crippen LogP contribution in [0.25, 0.3) is 11.3 Å². The van der Waals surface area contributed by atoms with E-state index >= 15 is 0 Å². The standard InChI is InChI=1S/C26H26FN3O4/c1-2-33-26(32)18-11-13-30(14-12-18)20-15-23(29-24(16-20)25(28)31)17-3-7-21(8-4-17)34-22-9-5-19(27)6-10-22/h3-10,15-16,18H,2,11-14H2,1H3,(H2,28,31). The molecule has 0 bridgehead atoms. The van der Waals surface area contributed by atoms with Crippen molar-refractivity contribution in [3.63, 3.8) is 0 Å². The molecule has 4 rings (SSSR count). The van der Waals surface area contributed by atoms with Crippen LogP contribution in [0.4, 0.5) is 10.1 Å². The number of carbonyl (C=O) groups excluding carboxylic acids is 2. The number of primary amides is 1. The van der Waals surface area contributed by atoms with Gasteiger partial charge in [0.05, 0.1) is 18.2 Å². The van der Waals surface area contributed by atoms with Crippen LogP contribution in [-0.2, 0) is 9.53 Å². The molecule has 1 aromatic heterocycles. The average molecular weight is 464 g/mol. The number of hydrogen-bond acceptors (Lipinski definition) is 6. The number of benzene rings is 2. The van der Waals surface area contributed by atoms with Crippen molar-refractivity contribution in [2.45, 2.75) is 19.8 Å². The maximum Gasteiger partial charge on any atom is 0.309 e. The summed E-state index contributed by atoms with van der Waals surface area (Å²) in [7, 11) is 0. The van der Waals surface area contributed by atoms with E-state index in [2.05, 4.69) is 9.88 Å². The zero-order valence-electron chi connectivity index (χ0n) is 18.9. The van der Waals surface area contributed by atoms with Crippen LogP contribution in [0.15, 0.2) is 60.7 Å². The lowest BCUT2D eigenvalue weighted by molar-refractivity contribution is -0.148. The SMILES string of the molecule is CCOC(=O)C1CCN(c2cc(C(N)=O)nc(-c3ccc(Oc4ccc(F)cc4)cc3)c2)CC1. The van der Waals surface area contributed by atoms with Gasteiger partial charge in [-0.25, -0.2) is 9.37 Å². The second-order valence-corrected chi connectivity index (χ2v) is 8.05. The second kappa shape index (κ2) is 10.3. The molecule has 34 heavy (non-hydrogen) atoms. The van der Waals surface area contributed by atoms with Gasteiger partial charge in [-0.05, 0) is 80.4 Å². The number of anilines is 1. The molecule has 1 aliphatic heterocycles. The topological polar surface area (TPSA) is 94.8 Å². The Labute approximate surface area is 197 Å². The minimum Gasteiger partial charge on any atom is -0.466 e. The lowest BCUT2D eigenvalue weighted by atomic mass is 9.96. The molecule has 3 aromatic rings. The lowest BCUT2D eigenvalue weighted by Gasteiger charge is -2.33. The molecule has 0 saturated carbocycles. The zero-order chi connectivity index (χ0) is 24.1. The third-order valence-corrected chi connectivity index (χ3v) is 5.74. The van der Waals surface area contributed by atoms with Gasteiger partial charge in [0.2, 0.25) is 0 Å². The Morgan fingerprint density at radius 2 is 1.65 bits per heavy atom. The van der Waals surface area contributed by atoms with Crippen molar-refractivity contribution in [2.75, 3.05) is 24.6 Å². The highest BCUT2D eigenvalue weighted by molar-refractivity contribution is 5.92. The summed E-state index contributed by atoms with van der Waals surface area (Å²) >= 11 is 0. The number of piperidine rings is 1. The van der Waals surface area contributed by atoms with Gasteiger partial charge in [-0.3, -0.25) is 9.59 Å². The van der Waals surface area contributed by atoms with Gasteiger partial charge >= 0.3 is 5.97 Å². The van der Waals surface area contributed by atoms with E-state index in [-0.39, 0.29) is 23.4 Å². The Bertz CT molecular complexity index is 1160. The van der Waals surface area contributed by atoms with Crippen molar-refractivity contribution in [3.05, 3.63) is 72.2 Å². The van der Waals surface area contributed by atoms with Crippen LogP contribution in [0, 0.1) is 11.7 Å². The molecule has 1 amide bonds. The van der Waals surface area contributed by atoms with E-state index in [1.54, 1.807) is 37.3 Å². The first-order valence-corrected chi connectivity index (χ1v) is 11.2. The van der Waals surface area contributed by atoms with Crippen LogP contribution in [-0.4, -0.2) is 36.6 Å². The number of amides is 1. The van der Waals surface area contributed by atoms with Gasteiger partial charge in [0.15, 0.2) is 0 Å². The lowest BCUT2D eigenvalue weighted by Crippen LogP contribution is -2.37. The van der Waals surface area contributed by atoms with E-state index < -0.39 is 5.91 Å². The molecule has 7 nitrogen and oxygen atoms in total. The Balaban J connectivity index is 1.52. The number of rotatable bonds is 7. The number of carbonyl (C=O) groups is 2. The maximum absolute atomic E-state index is 13.1. The number of ether oxygens (including phenoxy) is 2. The summed E-state index contributed by atoms with van der Waals surface area (Å²) < 4.78 is 24.0. The van der Waals surface area contributed by atoms with Gasteiger partial charge < -0.3 is 20.1 Å². The number of nitrogens with zero attached hydrogens (tertiary/aromatic N) is 2. The third-order valence-electron chi connectivity index (χ3n) is 5.74. The number of hydrogen-bond donors (Lipinski definition) is 1. The van der Waals surface area contributed by atoms with Crippen molar-refractivity contribution < 1.29 is 23.5 Å². The summed E-state index contributed by atoms with van der Waals surface area (Å²) in [6.07, 6.45) is 1.36. The minimum atomic E-state index is -0.610. The highest BCUT2D eigenvalue weighted by atomic mass is 19.1. The number of esters is 1. The smallest absolute Gasteiger partial charge is 0.309 e. The van der Waals surface area contributed by atoms with Crippen LogP contribution in [0.2, 0.25) is 0 Å². The quantitative estimate of drug-likeness (QED) is 0.516. The summed E-state index contributed by atoms with van der Waals surface area (Å²) in [5.74, 6) is -0.0934. The molecule has 0 radical (unpaired) electrons. The van der Waals surface area contributed by atoms with E-state index in [0.717, 1.165) is 11.3 Å². The highest BCUT2D eigenvalue weighted by Gasteiger charge is 2.26. The first-order chi connectivity index (χ1) is 16.4. The molecule has 0 atom stereocenters. The molecular formula is C26H26FN3O4. The van der Waals surface area contributed by atoms with E-state index in [9.17, 15) is 14.0 Å². The molecule has 2 aromatic carbocycles. The summed E-state index contributed by atoms with van der Waals surface area (Å²) in [6, 6.07) is 16.6. The van der Waals surface area contributed by atoms with Crippen molar-refractivity contribution in [3.8, 4) is 22.8 Å². The molecule has 1 saturated heterocycles. The predicted molar refractivity (Wildman–Crippen MR) is 126 cm³/mol. The Morgan fingerprint density at radius 3 is 2.24 bits per heavy atom. The largest absolute Gasteiger partial charge is 0.466 e. The van der Waals surface area contributed by atoms with Crippen molar-refractivity contribution in [1.82, 2.24) is 4.98 Å². The van der Waals surface area contributed by atoms with Crippen molar-refractivity contribution >= 4 is 17.6 Å². The molecule has 1 fully saturated rings. The summed E-state index contributed by atoms with van der Waals surface area (Å²) in [4.78, 5) is 30.5. The molecular weight excluding hydrogens is 437 g/mol. The average Bonchev–Trinajstić information content (AvgIpc) is 2.86. The molecule has 0 spiro atoms. The summed E-state index contributed by atoms with van der Waals surface area (Å²) in [5, 5.41) is 0. The molecule has 0 unspecified atom stereocenters. The fourth-order valence-electron chi connectivity index (χ4n) is 3.94. The van der Waals surface area contributed by atoms with Gasteiger partial charge in [0, 0.05) is 24.3 Å². The van der Waals surface area contributed by atoms with Crippen LogP contribution in [0.3, 0.4) is 0 Å². The van der Waals surface area contributed by atoms with Gasteiger partial charge in [-0.15, -0.1) is 0 Å². The van der Waals surface area contributed by atoms with E-state index in [0.29, 0.717) is 49.7 Å². The number of pyridine rings is 1. The normalized spacial score (nSPS) is 14.0. The predicted octanol–water partition coefficient (Wildman–Crippen LogP) is 4.56. The van der Waals surface area contributed by atoms with Gasteiger partial charge in [0.1, 0.15) is 23.0 Å². The molecule has 8 heteroatoms. The maximum atomic E-state index is 13.1. The van der Waals surface area contributed by atoms with Gasteiger partial charge in [0.25, 0.3) is 5.91 Å². The van der Waals surface area contributed by atoms with Crippen molar-refractivity contribution in [2.24, 2.45) is 11.7 Å². The fourth-order valence-corrected chi connectivity index (χ4v) is 3.94. The monoisotopic (exact) mass is 463 g/mol. The van der Waals surface area contributed by atoms with Gasteiger partial charge in [-0.2, -0.15) is 0 Å². The van der Waals surface area contributed by atoms with Crippen molar-refractivity contribution in [1.29, 1.82) is 0 Å². The van der Waals surface area contributed by atoms with Gasteiger partial charge in [-0.1, -0.05) is 0 Å². The molecule has 2 N–H and O–H groups in total. The third kappa shape index (κ3) is 5.51. The Hall–Kier alpha value is -3.94. The van der Waals surface area contributed by atoms with E-state index in [1.165, 1.54) is 12.1 Å². The van der Waals surface area contributed by atoms with Crippen LogP contribution in [0.1, 0.15) is 30.3 Å². The molecule has 1 aliphatic rings.